The summed E-state index contributed by atoms with van der Waals surface area (Å²) < 4.78 is 7.21. The smallest absolute Gasteiger partial charge is 0.222 e. The van der Waals surface area contributed by atoms with E-state index in [0.717, 1.165) is 28.8 Å². The largest absolute Gasteiger partial charge is 0.383 e. The summed E-state index contributed by atoms with van der Waals surface area (Å²) >= 11 is 0. The van der Waals surface area contributed by atoms with Crippen LogP contribution in [0.5, 0.6) is 0 Å². The summed E-state index contributed by atoms with van der Waals surface area (Å²) in [4.78, 5) is 13.0. The highest BCUT2D eigenvalue weighted by molar-refractivity contribution is 5.87. The van der Waals surface area contributed by atoms with Gasteiger partial charge in [-0.1, -0.05) is 6.07 Å². The van der Waals surface area contributed by atoms with E-state index in [1.807, 2.05) is 37.5 Å². The van der Waals surface area contributed by atoms with E-state index in [2.05, 4.69) is 24.8 Å². The van der Waals surface area contributed by atoms with Gasteiger partial charge in [-0.25, -0.2) is 4.98 Å². The van der Waals surface area contributed by atoms with E-state index in [-0.39, 0.29) is 5.95 Å². The molecule has 3 aromatic rings. The van der Waals surface area contributed by atoms with Crippen molar-refractivity contribution in [2.24, 2.45) is 0 Å². The molecule has 3 N–H and O–H groups in total. The van der Waals surface area contributed by atoms with Crippen LogP contribution in [-0.2, 0) is 17.8 Å². The number of fused-ring (bicyclic) bond motifs is 1. The Hall–Kier alpha value is -2.67. The van der Waals surface area contributed by atoms with Gasteiger partial charge in [-0.2, -0.15) is 4.98 Å². The minimum Gasteiger partial charge on any atom is -0.383 e. The summed E-state index contributed by atoms with van der Waals surface area (Å²) in [6.45, 7) is 3.93. The average molecular weight is 312 g/mol. The van der Waals surface area contributed by atoms with Crippen LogP contribution in [0.3, 0.4) is 0 Å². The van der Waals surface area contributed by atoms with Crippen molar-refractivity contribution in [2.45, 2.75) is 20.0 Å². The first kappa shape index (κ1) is 15.2. The number of hydrogen-bond acceptors (Lipinski definition) is 6. The van der Waals surface area contributed by atoms with E-state index in [0.29, 0.717) is 19.0 Å². The monoisotopic (exact) mass is 312 g/mol. The number of methoxy groups -OCH3 is 1. The number of nitrogens with zero attached hydrogens (tertiary/aromatic N) is 4. The first-order chi connectivity index (χ1) is 11.2. The van der Waals surface area contributed by atoms with Crippen molar-refractivity contribution < 1.29 is 4.74 Å². The Bertz CT molecular complexity index is 796. The second kappa shape index (κ2) is 6.62. The number of nitrogen functional groups attached to an aromatic ring is 1. The molecule has 0 fully saturated rings. The summed E-state index contributed by atoms with van der Waals surface area (Å²) in [5.74, 6) is 0.956. The van der Waals surface area contributed by atoms with Gasteiger partial charge in [0, 0.05) is 26.0 Å². The Labute approximate surface area is 134 Å². The van der Waals surface area contributed by atoms with Crippen LogP contribution in [0.2, 0.25) is 0 Å². The maximum atomic E-state index is 5.81. The molecule has 7 nitrogen and oxygen atoms in total. The summed E-state index contributed by atoms with van der Waals surface area (Å²) in [5.41, 5.74) is 9.62. The van der Waals surface area contributed by atoms with Crippen molar-refractivity contribution >= 4 is 22.8 Å². The van der Waals surface area contributed by atoms with Gasteiger partial charge >= 0.3 is 0 Å². The van der Waals surface area contributed by atoms with Crippen LogP contribution >= 0.6 is 0 Å². The van der Waals surface area contributed by atoms with Gasteiger partial charge < -0.3 is 20.4 Å². The molecule has 0 radical (unpaired) electrons. The zero-order valence-corrected chi connectivity index (χ0v) is 13.3. The third kappa shape index (κ3) is 3.40. The molecular weight excluding hydrogens is 292 g/mol. The summed E-state index contributed by atoms with van der Waals surface area (Å²) in [6, 6.07) is 5.96. The third-order valence-electron chi connectivity index (χ3n) is 3.57. The minimum atomic E-state index is 0.251. The lowest BCUT2D eigenvalue weighted by atomic mass is 10.3. The van der Waals surface area contributed by atoms with Gasteiger partial charge in [0.25, 0.3) is 0 Å². The van der Waals surface area contributed by atoms with Crippen molar-refractivity contribution in [2.75, 3.05) is 24.8 Å². The van der Waals surface area contributed by atoms with Gasteiger partial charge in [0.2, 0.25) is 5.95 Å². The summed E-state index contributed by atoms with van der Waals surface area (Å²) in [5, 5.41) is 3.31. The van der Waals surface area contributed by atoms with E-state index < -0.39 is 0 Å². The molecular formula is C16H20N6O. The van der Waals surface area contributed by atoms with Crippen LogP contribution in [0.1, 0.15) is 11.3 Å². The van der Waals surface area contributed by atoms with E-state index in [1.54, 1.807) is 7.11 Å². The molecule has 0 aliphatic rings. The van der Waals surface area contributed by atoms with Crippen molar-refractivity contribution in [1.29, 1.82) is 0 Å². The Morgan fingerprint density at radius 2 is 2.13 bits per heavy atom. The van der Waals surface area contributed by atoms with E-state index in [1.165, 1.54) is 0 Å². The summed E-state index contributed by atoms with van der Waals surface area (Å²) in [6.07, 6.45) is 3.81. The van der Waals surface area contributed by atoms with E-state index in [4.69, 9.17) is 10.5 Å². The molecule has 0 bridgehead atoms. The Kier molecular flexibility index (Phi) is 4.38. The molecule has 0 saturated carbocycles. The number of aryl methyl sites for hydroxylation is 1. The highest BCUT2D eigenvalue weighted by atomic mass is 16.5. The lowest BCUT2D eigenvalue weighted by Crippen LogP contribution is -2.09. The number of nitrogens with one attached hydrogen (secondary N) is 1. The Balaban J connectivity index is 1.88. The molecule has 0 aliphatic carbocycles. The first-order valence-corrected chi connectivity index (χ1v) is 7.44. The molecule has 0 spiro atoms. The van der Waals surface area contributed by atoms with E-state index >= 15 is 0 Å². The second-order valence-corrected chi connectivity index (χ2v) is 5.35. The molecule has 0 aliphatic heterocycles. The number of hydrogen-bond donors (Lipinski definition) is 2. The SMILES string of the molecule is COCCn1ccc2nc(N)nc(NCc3ccc(C)cn3)c21. The summed E-state index contributed by atoms with van der Waals surface area (Å²) in [7, 11) is 1.68. The van der Waals surface area contributed by atoms with Gasteiger partial charge in [-0.05, 0) is 24.6 Å². The molecule has 0 unspecified atom stereocenters. The fraction of sp³-hybridized carbons (Fsp3) is 0.312. The van der Waals surface area contributed by atoms with Crippen molar-refractivity contribution in [1.82, 2.24) is 19.5 Å². The van der Waals surface area contributed by atoms with Crippen LogP contribution < -0.4 is 11.1 Å². The number of aromatic nitrogens is 4. The van der Waals surface area contributed by atoms with Crippen molar-refractivity contribution in [3.05, 3.63) is 41.9 Å². The number of pyridine rings is 1. The van der Waals surface area contributed by atoms with Gasteiger partial charge in [0.15, 0.2) is 5.82 Å². The average Bonchev–Trinajstić information content (AvgIpc) is 2.95. The zero-order valence-electron chi connectivity index (χ0n) is 13.3. The molecule has 0 atom stereocenters. The zero-order chi connectivity index (χ0) is 16.2. The molecule has 0 aromatic carbocycles. The number of ether oxygens (including phenoxy) is 1. The molecule has 3 aromatic heterocycles. The topological polar surface area (TPSA) is 90.9 Å². The molecule has 120 valence electrons. The van der Waals surface area contributed by atoms with Crippen LogP contribution in [0.25, 0.3) is 11.0 Å². The number of rotatable bonds is 6. The molecule has 23 heavy (non-hydrogen) atoms. The van der Waals surface area contributed by atoms with Crippen LogP contribution in [0.15, 0.2) is 30.6 Å². The number of nitrogens with two attached hydrogens (primary N) is 1. The highest BCUT2D eigenvalue weighted by Gasteiger charge is 2.11. The second-order valence-electron chi connectivity index (χ2n) is 5.35. The number of anilines is 2. The Morgan fingerprint density at radius 3 is 2.87 bits per heavy atom. The van der Waals surface area contributed by atoms with Crippen LogP contribution in [0.4, 0.5) is 11.8 Å². The van der Waals surface area contributed by atoms with Gasteiger partial charge in [-0.15, -0.1) is 0 Å². The quantitative estimate of drug-likeness (QED) is 0.723. The molecule has 7 heteroatoms. The lowest BCUT2D eigenvalue weighted by molar-refractivity contribution is 0.188. The first-order valence-electron chi connectivity index (χ1n) is 7.44. The van der Waals surface area contributed by atoms with Crippen LogP contribution in [-0.4, -0.2) is 33.2 Å². The van der Waals surface area contributed by atoms with Gasteiger partial charge in [0.05, 0.1) is 24.4 Å². The van der Waals surface area contributed by atoms with E-state index in [9.17, 15) is 0 Å². The fourth-order valence-corrected chi connectivity index (χ4v) is 2.40. The van der Waals surface area contributed by atoms with Crippen molar-refractivity contribution in [3.63, 3.8) is 0 Å². The molecule has 0 amide bonds. The third-order valence-corrected chi connectivity index (χ3v) is 3.57. The van der Waals surface area contributed by atoms with Crippen molar-refractivity contribution in [3.8, 4) is 0 Å². The lowest BCUT2D eigenvalue weighted by Gasteiger charge is -2.11. The molecule has 0 saturated heterocycles. The van der Waals surface area contributed by atoms with Gasteiger partial charge in [0.1, 0.15) is 5.52 Å². The fourth-order valence-electron chi connectivity index (χ4n) is 2.40. The maximum Gasteiger partial charge on any atom is 0.222 e. The van der Waals surface area contributed by atoms with Gasteiger partial charge in [-0.3, -0.25) is 4.98 Å². The predicted molar refractivity (Wildman–Crippen MR) is 90.1 cm³/mol. The molecule has 3 heterocycles. The standard InChI is InChI=1S/C16H20N6O/c1-11-3-4-12(18-9-11)10-19-15-14-13(20-16(17)21-15)5-6-22(14)7-8-23-2/h3-6,9H,7-8,10H2,1-2H3,(H3,17,19,20,21). The highest BCUT2D eigenvalue weighted by Crippen LogP contribution is 2.23. The normalized spacial score (nSPS) is 11.0. The minimum absolute atomic E-state index is 0.251. The van der Waals surface area contributed by atoms with Crippen LogP contribution in [0, 0.1) is 6.92 Å². The Morgan fingerprint density at radius 1 is 1.26 bits per heavy atom. The predicted octanol–water partition coefficient (Wildman–Crippen LogP) is 1.98. The molecule has 3 rings (SSSR count). The maximum absolute atomic E-state index is 5.81.